The van der Waals surface area contributed by atoms with Crippen LogP contribution < -0.4 is 0 Å². The normalized spacial score (nSPS) is 14.5. The van der Waals surface area contributed by atoms with Gasteiger partial charge in [0.1, 0.15) is 0 Å². The zero-order valence-electron chi connectivity index (χ0n) is 16.0. The summed E-state index contributed by atoms with van der Waals surface area (Å²) in [7, 11) is 0. The number of rotatable bonds is 15. The quantitative estimate of drug-likeness (QED) is 0.324. The molecule has 1 atom stereocenters. The minimum Gasteiger partial charge on any atom is -0.395 e. The van der Waals surface area contributed by atoms with Crippen molar-refractivity contribution in [3.8, 4) is 0 Å². The van der Waals surface area contributed by atoms with Crippen LogP contribution in [-0.2, 0) is 0 Å². The zero-order valence-corrected chi connectivity index (χ0v) is 16.8. The van der Waals surface area contributed by atoms with E-state index in [1.165, 1.54) is 0 Å². The number of aliphatic hydroxyl groups excluding tert-OH is 1. The summed E-state index contributed by atoms with van der Waals surface area (Å²) < 4.78 is 0. The highest BCUT2D eigenvalue weighted by molar-refractivity contribution is 7.99. The summed E-state index contributed by atoms with van der Waals surface area (Å²) >= 11 is 1.72. The third-order valence-electron chi connectivity index (χ3n) is 3.53. The molecule has 0 heterocycles. The summed E-state index contributed by atoms with van der Waals surface area (Å²) in [5.41, 5.74) is 0. The van der Waals surface area contributed by atoms with Crippen LogP contribution in [0.5, 0.6) is 0 Å². The van der Waals surface area contributed by atoms with Gasteiger partial charge < -0.3 is 5.11 Å². The standard InChI is InChI=1S/C23H36OS/c1-3-4-5-6-7-8-9-10-11-12-13-14-15-16-17-18-19-20-21-23(22-24)25-2/h4-5,7-8,10-11,13-14,16-17,19-20,23-24H,3,6,9,12,15,18,21-22H2,1-2H3/b5-4-,8-7-,11-10-,14-13-,17-16-,20-19+. The molecule has 0 spiro atoms. The van der Waals surface area contributed by atoms with Crippen molar-refractivity contribution in [2.24, 2.45) is 0 Å². The second kappa shape index (κ2) is 20.8. The highest BCUT2D eigenvalue weighted by Crippen LogP contribution is 2.10. The maximum absolute atomic E-state index is 9.08. The third kappa shape index (κ3) is 18.9. The van der Waals surface area contributed by atoms with Gasteiger partial charge in [-0.1, -0.05) is 79.8 Å². The van der Waals surface area contributed by atoms with Gasteiger partial charge in [0.05, 0.1) is 6.61 Å². The van der Waals surface area contributed by atoms with Gasteiger partial charge in [0.15, 0.2) is 0 Å². The first-order valence-electron chi connectivity index (χ1n) is 9.38. The molecule has 1 nitrogen and oxygen atoms in total. The Bertz CT molecular complexity index is 437. The first-order valence-corrected chi connectivity index (χ1v) is 10.7. The van der Waals surface area contributed by atoms with Gasteiger partial charge >= 0.3 is 0 Å². The van der Waals surface area contributed by atoms with Gasteiger partial charge in [-0.3, -0.25) is 0 Å². The SMILES string of the molecule is CC/C=C\C/C=C\C/C=C\C/C=C\C/C=C\C/C=C/CC(CO)SC. The van der Waals surface area contributed by atoms with Crippen LogP contribution in [-0.4, -0.2) is 23.2 Å². The molecule has 0 aliphatic carbocycles. The first kappa shape index (κ1) is 23.8. The van der Waals surface area contributed by atoms with Gasteiger partial charge in [-0.2, -0.15) is 11.8 Å². The summed E-state index contributed by atoms with van der Waals surface area (Å²) in [5.74, 6) is 0. The van der Waals surface area contributed by atoms with E-state index in [4.69, 9.17) is 5.11 Å². The average molecular weight is 361 g/mol. The number of allylic oxidation sites excluding steroid dienone is 12. The molecule has 0 fully saturated rings. The van der Waals surface area contributed by atoms with E-state index >= 15 is 0 Å². The van der Waals surface area contributed by atoms with E-state index in [0.717, 1.165) is 44.9 Å². The lowest BCUT2D eigenvalue weighted by atomic mass is 10.2. The summed E-state index contributed by atoms with van der Waals surface area (Å²) in [6.07, 6.45) is 35.6. The van der Waals surface area contributed by atoms with E-state index in [9.17, 15) is 0 Å². The van der Waals surface area contributed by atoms with Crippen LogP contribution in [0.1, 0.15) is 51.9 Å². The molecule has 0 rings (SSSR count). The molecule has 0 saturated carbocycles. The van der Waals surface area contributed by atoms with Gasteiger partial charge in [0.2, 0.25) is 0 Å². The molecule has 0 aliphatic rings. The highest BCUT2D eigenvalue weighted by atomic mass is 32.2. The van der Waals surface area contributed by atoms with Crippen molar-refractivity contribution in [3.63, 3.8) is 0 Å². The Labute approximate surface area is 160 Å². The number of hydrogen-bond donors (Lipinski definition) is 1. The third-order valence-corrected chi connectivity index (χ3v) is 4.54. The van der Waals surface area contributed by atoms with Gasteiger partial charge in [-0.25, -0.2) is 0 Å². The zero-order chi connectivity index (χ0) is 18.4. The Morgan fingerprint density at radius 3 is 1.32 bits per heavy atom. The molecule has 140 valence electrons. The maximum atomic E-state index is 9.08. The lowest BCUT2D eigenvalue weighted by Crippen LogP contribution is -2.05. The van der Waals surface area contributed by atoms with Crippen LogP contribution in [0, 0.1) is 0 Å². The van der Waals surface area contributed by atoms with Crippen molar-refractivity contribution in [2.75, 3.05) is 12.9 Å². The Morgan fingerprint density at radius 1 is 0.640 bits per heavy atom. The van der Waals surface area contributed by atoms with E-state index in [2.05, 4.69) is 79.8 Å². The topological polar surface area (TPSA) is 20.2 Å². The van der Waals surface area contributed by atoms with Crippen LogP contribution >= 0.6 is 11.8 Å². The molecule has 0 radical (unpaired) electrons. The molecule has 0 saturated heterocycles. The molecular weight excluding hydrogens is 324 g/mol. The van der Waals surface area contributed by atoms with E-state index < -0.39 is 0 Å². The minimum absolute atomic E-state index is 0.257. The summed E-state index contributed by atoms with van der Waals surface area (Å²) in [6, 6.07) is 0. The van der Waals surface area contributed by atoms with Crippen LogP contribution in [0.4, 0.5) is 0 Å². The number of hydrogen-bond acceptors (Lipinski definition) is 2. The van der Waals surface area contributed by atoms with E-state index in [1.807, 2.05) is 6.26 Å². The van der Waals surface area contributed by atoms with Gasteiger partial charge in [-0.15, -0.1) is 0 Å². The molecule has 0 aromatic carbocycles. The fraction of sp³-hybridized carbons (Fsp3) is 0.478. The maximum Gasteiger partial charge on any atom is 0.0552 e. The Hall–Kier alpha value is -1.25. The lowest BCUT2D eigenvalue weighted by molar-refractivity contribution is 0.295. The van der Waals surface area contributed by atoms with Crippen LogP contribution in [0.2, 0.25) is 0 Å². The average Bonchev–Trinajstić information content (AvgIpc) is 2.64. The van der Waals surface area contributed by atoms with Crippen molar-refractivity contribution in [1.29, 1.82) is 0 Å². The Balaban J connectivity index is 3.57. The van der Waals surface area contributed by atoms with Crippen molar-refractivity contribution in [3.05, 3.63) is 72.9 Å². The molecule has 0 aliphatic heterocycles. The monoisotopic (exact) mass is 360 g/mol. The predicted octanol–water partition coefficient (Wildman–Crippen LogP) is 6.80. The van der Waals surface area contributed by atoms with Crippen LogP contribution in [0.15, 0.2) is 72.9 Å². The van der Waals surface area contributed by atoms with Crippen LogP contribution in [0.3, 0.4) is 0 Å². The van der Waals surface area contributed by atoms with E-state index in [-0.39, 0.29) is 6.61 Å². The predicted molar refractivity (Wildman–Crippen MR) is 117 cm³/mol. The molecule has 1 N–H and O–H groups in total. The first-order chi connectivity index (χ1) is 12.3. The second-order valence-corrected chi connectivity index (χ2v) is 6.83. The molecule has 25 heavy (non-hydrogen) atoms. The largest absolute Gasteiger partial charge is 0.395 e. The minimum atomic E-state index is 0.257. The second-order valence-electron chi connectivity index (χ2n) is 5.69. The van der Waals surface area contributed by atoms with E-state index in [1.54, 1.807) is 11.8 Å². The summed E-state index contributed by atoms with van der Waals surface area (Å²) in [6.45, 7) is 2.41. The fourth-order valence-corrected chi connectivity index (χ4v) is 2.47. The van der Waals surface area contributed by atoms with E-state index in [0.29, 0.717) is 5.25 Å². The molecule has 0 amide bonds. The Morgan fingerprint density at radius 2 is 1.00 bits per heavy atom. The highest BCUT2D eigenvalue weighted by Gasteiger charge is 2.00. The number of aliphatic hydroxyl groups is 1. The van der Waals surface area contributed by atoms with Crippen molar-refractivity contribution >= 4 is 11.8 Å². The van der Waals surface area contributed by atoms with Gasteiger partial charge in [-0.05, 0) is 51.2 Å². The van der Waals surface area contributed by atoms with Gasteiger partial charge in [0.25, 0.3) is 0 Å². The molecule has 2 heteroatoms. The van der Waals surface area contributed by atoms with Crippen LogP contribution in [0.25, 0.3) is 0 Å². The lowest BCUT2D eigenvalue weighted by Gasteiger charge is -2.06. The molecular formula is C23H36OS. The summed E-state index contributed by atoms with van der Waals surface area (Å²) in [4.78, 5) is 0. The molecule has 0 bridgehead atoms. The molecule has 0 aromatic heterocycles. The summed E-state index contributed by atoms with van der Waals surface area (Å²) in [5, 5.41) is 9.42. The van der Waals surface area contributed by atoms with Crippen molar-refractivity contribution in [1.82, 2.24) is 0 Å². The van der Waals surface area contributed by atoms with Gasteiger partial charge in [0, 0.05) is 5.25 Å². The fourth-order valence-electron chi connectivity index (χ4n) is 2.02. The smallest absolute Gasteiger partial charge is 0.0552 e. The molecule has 1 unspecified atom stereocenters. The van der Waals surface area contributed by atoms with Crippen molar-refractivity contribution < 1.29 is 5.11 Å². The van der Waals surface area contributed by atoms with Crippen molar-refractivity contribution in [2.45, 2.75) is 57.1 Å². The Kier molecular flexibility index (Phi) is 19.8. The number of thioether (sulfide) groups is 1. The molecule has 0 aromatic rings.